The summed E-state index contributed by atoms with van der Waals surface area (Å²) in [5.41, 5.74) is 5.06. The van der Waals surface area contributed by atoms with Crippen molar-refractivity contribution in [1.82, 2.24) is 19.6 Å². The number of hydrogen-bond acceptors (Lipinski definition) is 4. The van der Waals surface area contributed by atoms with E-state index in [1.807, 2.05) is 42.2 Å². The lowest BCUT2D eigenvalue weighted by atomic mass is 10.1. The molecule has 1 fully saturated rings. The second-order valence-electron chi connectivity index (χ2n) is 10.0. The lowest BCUT2D eigenvalue weighted by molar-refractivity contribution is 0.0722. The largest absolute Gasteiger partial charge is 0.354 e. The number of carbonyl (C=O) groups is 1. The van der Waals surface area contributed by atoms with Crippen molar-refractivity contribution in [2.24, 2.45) is 5.92 Å². The fourth-order valence-corrected chi connectivity index (χ4v) is 4.81. The van der Waals surface area contributed by atoms with Crippen LogP contribution in [0.4, 0.5) is 5.82 Å². The average Bonchev–Trinajstić information content (AvgIpc) is 3.19. The number of aryl methyl sites for hydroxylation is 2. The van der Waals surface area contributed by atoms with Crippen molar-refractivity contribution in [2.45, 2.75) is 41.2 Å². The SMILES string of the molecule is CCN1CCN(c2c(CN(CC(C)C)C(=O)c3ccc(C)cc3)c(C)nn2-c2ccccc2)CC1. The molecule has 3 aromatic rings. The summed E-state index contributed by atoms with van der Waals surface area (Å²) in [6.07, 6.45) is 0. The number of amides is 1. The highest BCUT2D eigenvalue weighted by Crippen LogP contribution is 2.30. The summed E-state index contributed by atoms with van der Waals surface area (Å²) >= 11 is 0. The maximum absolute atomic E-state index is 13.6. The molecule has 0 atom stereocenters. The van der Waals surface area contributed by atoms with Crippen LogP contribution in [-0.2, 0) is 6.54 Å². The molecule has 1 aliphatic rings. The van der Waals surface area contributed by atoms with Gasteiger partial charge in [-0.25, -0.2) is 4.68 Å². The average molecular weight is 474 g/mol. The van der Waals surface area contributed by atoms with Gasteiger partial charge in [0.25, 0.3) is 5.91 Å². The van der Waals surface area contributed by atoms with Gasteiger partial charge in [0.05, 0.1) is 17.9 Å². The first-order chi connectivity index (χ1) is 16.9. The summed E-state index contributed by atoms with van der Waals surface area (Å²) in [6, 6.07) is 18.2. The van der Waals surface area contributed by atoms with Gasteiger partial charge < -0.3 is 14.7 Å². The van der Waals surface area contributed by atoms with E-state index in [4.69, 9.17) is 5.10 Å². The van der Waals surface area contributed by atoms with Gasteiger partial charge in [-0.1, -0.05) is 56.7 Å². The van der Waals surface area contributed by atoms with Crippen molar-refractivity contribution in [1.29, 1.82) is 0 Å². The molecule has 2 aromatic carbocycles. The van der Waals surface area contributed by atoms with Crippen molar-refractivity contribution >= 4 is 11.7 Å². The quantitative estimate of drug-likeness (QED) is 0.465. The first-order valence-corrected chi connectivity index (χ1v) is 12.8. The molecule has 6 heteroatoms. The van der Waals surface area contributed by atoms with Crippen LogP contribution in [0.5, 0.6) is 0 Å². The van der Waals surface area contributed by atoms with Crippen LogP contribution in [0.15, 0.2) is 54.6 Å². The van der Waals surface area contributed by atoms with Gasteiger partial charge in [-0.15, -0.1) is 0 Å². The molecule has 0 radical (unpaired) electrons. The van der Waals surface area contributed by atoms with E-state index in [-0.39, 0.29) is 5.91 Å². The number of hydrogen-bond donors (Lipinski definition) is 0. The molecule has 1 saturated heterocycles. The number of nitrogens with zero attached hydrogens (tertiary/aromatic N) is 5. The number of para-hydroxylation sites is 1. The van der Waals surface area contributed by atoms with Crippen LogP contribution in [0.2, 0.25) is 0 Å². The molecule has 1 aromatic heterocycles. The molecule has 0 unspecified atom stereocenters. The van der Waals surface area contributed by atoms with Gasteiger partial charge in [0.1, 0.15) is 5.82 Å². The van der Waals surface area contributed by atoms with E-state index >= 15 is 0 Å². The number of aromatic nitrogens is 2. The molecule has 0 aliphatic carbocycles. The molecule has 0 bridgehead atoms. The standard InChI is InChI=1S/C29H39N5O/c1-6-31-16-18-32(19-17-31)28-27(24(5)30-34(28)26-10-8-7-9-11-26)21-33(20-22(2)3)29(35)25-14-12-23(4)13-15-25/h7-15,22H,6,16-21H2,1-5H3. The van der Waals surface area contributed by atoms with Crippen LogP contribution in [0.3, 0.4) is 0 Å². The van der Waals surface area contributed by atoms with Crippen molar-refractivity contribution in [3.8, 4) is 5.69 Å². The minimum absolute atomic E-state index is 0.0762. The van der Waals surface area contributed by atoms with Crippen LogP contribution in [0.25, 0.3) is 5.69 Å². The molecule has 6 nitrogen and oxygen atoms in total. The van der Waals surface area contributed by atoms with Crippen LogP contribution in [0, 0.1) is 19.8 Å². The Labute approximate surface area is 210 Å². The Morgan fingerprint density at radius 3 is 2.23 bits per heavy atom. The third-order valence-corrected chi connectivity index (χ3v) is 6.80. The normalized spacial score (nSPS) is 14.5. The highest BCUT2D eigenvalue weighted by atomic mass is 16.2. The number of carbonyl (C=O) groups excluding carboxylic acids is 1. The fraction of sp³-hybridized carbons (Fsp3) is 0.448. The Hall–Kier alpha value is -3.12. The second kappa shape index (κ2) is 11.1. The van der Waals surface area contributed by atoms with Crippen LogP contribution >= 0.6 is 0 Å². The Morgan fingerprint density at radius 2 is 1.63 bits per heavy atom. The smallest absolute Gasteiger partial charge is 0.254 e. The maximum atomic E-state index is 13.6. The molecule has 186 valence electrons. The van der Waals surface area contributed by atoms with Crippen LogP contribution in [-0.4, -0.2) is 64.8 Å². The molecule has 35 heavy (non-hydrogen) atoms. The predicted molar refractivity (Wildman–Crippen MR) is 143 cm³/mol. The molecule has 2 heterocycles. The summed E-state index contributed by atoms with van der Waals surface area (Å²) < 4.78 is 2.08. The third kappa shape index (κ3) is 5.76. The van der Waals surface area contributed by atoms with Crippen LogP contribution < -0.4 is 4.90 Å². The molecule has 4 rings (SSSR count). The van der Waals surface area contributed by atoms with E-state index in [9.17, 15) is 4.79 Å². The van der Waals surface area contributed by atoms with E-state index in [1.54, 1.807) is 0 Å². The van der Waals surface area contributed by atoms with Gasteiger partial charge in [-0.3, -0.25) is 4.79 Å². The molecule has 1 aliphatic heterocycles. The third-order valence-electron chi connectivity index (χ3n) is 6.80. The molecular weight excluding hydrogens is 434 g/mol. The van der Waals surface area contributed by atoms with Gasteiger partial charge in [-0.05, 0) is 50.6 Å². The highest BCUT2D eigenvalue weighted by molar-refractivity contribution is 5.94. The number of likely N-dealkylation sites (N-methyl/N-ethyl adjacent to an activating group) is 1. The summed E-state index contributed by atoms with van der Waals surface area (Å²) in [5, 5.41) is 4.99. The minimum Gasteiger partial charge on any atom is -0.354 e. The zero-order valence-corrected chi connectivity index (χ0v) is 21.9. The lowest BCUT2D eigenvalue weighted by Crippen LogP contribution is -2.47. The Morgan fingerprint density at radius 1 is 0.971 bits per heavy atom. The number of benzene rings is 2. The van der Waals surface area contributed by atoms with Gasteiger partial charge >= 0.3 is 0 Å². The topological polar surface area (TPSA) is 44.6 Å². The van der Waals surface area contributed by atoms with Crippen LogP contribution in [0.1, 0.15) is 48.0 Å². The fourth-order valence-electron chi connectivity index (χ4n) is 4.81. The number of rotatable bonds is 8. The minimum atomic E-state index is 0.0762. The van der Waals surface area contributed by atoms with Gasteiger partial charge in [-0.2, -0.15) is 5.10 Å². The lowest BCUT2D eigenvalue weighted by Gasteiger charge is -2.36. The zero-order valence-electron chi connectivity index (χ0n) is 21.9. The van der Waals surface area contributed by atoms with E-state index in [2.05, 4.69) is 66.4 Å². The first kappa shape index (κ1) is 25.0. The van der Waals surface area contributed by atoms with Gasteiger partial charge in [0.2, 0.25) is 0 Å². The zero-order chi connectivity index (χ0) is 24.9. The second-order valence-corrected chi connectivity index (χ2v) is 10.0. The first-order valence-electron chi connectivity index (χ1n) is 12.8. The number of anilines is 1. The molecule has 0 saturated carbocycles. The van der Waals surface area contributed by atoms with Crippen molar-refractivity contribution < 1.29 is 4.79 Å². The molecule has 0 spiro atoms. The monoisotopic (exact) mass is 473 g/mol. The Balaban J connectivity index is 1.73. The molecule has 1 amide bonds. The summed E-state index contributed by atoms with van der Waals surface area (Å²) in [7, 11) is 0. The highest BCUT2D eigenvalue weighted by Gasteiger charge is 2.28. The summed E-state index contributed by atoms with van der Waals surface area (Å²) in [5.74, 6) is 1.56. The van der Waals surface area contributed by atoms with E-state index in [0.717, 1.165) is 66.6 Å². The Kier molecular flexibility index (Phi) is 7.91. The van der Waals surface area contributed by atoms with Gasteiger partial charge in [0.15, 0.2) is 0 Å². The van der Waals surface area contributed by atoms with E-state index in [0.29, 0.717) is 19.0 Å². The van der Waals surface area contributed by atoms with Crippen molar-refractivity contribution in [3.05, 3.63) is 77.0 Å². The van der Waals surface area contributed by atoms with Crippen molar-refractivity contribution in [3.63, 3.8) is 0 Å². The summed E-state index contributed by atoms with van der Waals surface area (Å²) in [6.45, 7) is 17.0. The Bertz CT molecular complexity index is 1110. The van der Waals surface area contributed by atoms with E-state index < -0.39 is 0 Å². The molecular formula is C29H39N5O. The maximum Gasteiger partial charge on any atom is 0.254 e. The predicted octanol–water partition coefficient (Wildman–Crippen LogP) is 4.93. The number of piperazine rings is 1. The molecule has 0 N–H and O–H groups in total. The van der Waals surface area contributed by atoms with Gasteiger partial charge in [0, 0.05) is 43.9 Å². The van der Waals surface area contributed by atoms with Crippen molar-refractivity contribution in [2.75, 3.05) is 44.2 Å². The summed E-state index contributed by atoms with van der Waals surface area (Å²) in [4.78, 5) is 20.6. The van der Waals surface area contributed by atoms with E-state index in [1.165, 1.54) is 0 Å².